The van der Waals surface area contributed by atoms with Gasteiger partial charge in [-0.3, -0.25) is 14.5 Å². The summed E-state index contributed by atoms with van der Waals surface area (Å²) in [6.45, 7) is 5.27. The number of nitrogens with zero attached hydrogens (tertiary/aromatic N) is 2. The highest BCUT2D eigenvalue weighted by Gasteiger charge is 2.50. The van der Waals surface area contributed by atoms with Gasteiger partial charge in [0.15, 0.2) is 5.82 Å². The molecule has 0 aromatic carbocycles. The summed E-state index contributed by atoms with van der Waals surface area (Å²) in [7, 11) is 0. The van der Waals surface area contributed by atoms with Crippen molar-refractivity contribution in [2.45, 2.75) is 52.0 Å². The highest BCUT2D eigenvalue weighted by molar-refractivity contribution is 6.10. The Labute approximate surface area is 134 Å². The summed E-state index contributed by atoms with van der Waals surface area (Å²) in [5.41, 5.74) is -0.884. The third-order valence-electron chi connectivity index (χ3n) is 3.80. The molecule has 1 aliphatic rings. The van der Waals surface area contributed by atoms with Crippen LogP contribution >= 0.6 is 0 Å². The number of aryl methyl sites for hydroxylation is 1. The molecule has 2 N–H and O–H groups in total. The fraction of sp³-hybridized carbons (Fsp3) is 0.600. The van der Waals surface area contributed by atoms with Crippen LogP contribution in [-0.4, -0.2) is 40.0 Å². The minimum atomic E-state index is -0.884. The Morgan fingerprint density at radius 3 is 2.52 bits per heavy atom. The lowest BCUT2D eigenvalue weighted by Crippen LogP contribution is -2.47. The molecule has 2 rings (SSSR count). The molecule has 8 nitrogen and oxygen atoms in total. The quantitative estimate of drug-likeness (QED) is 0.745. The van der Waals surface area contributed by atoms with E-state index in [-0.39, 0.29) is 18.3 Å². The molecule has 0 spiro atoms. The van der Waals surface area contributed by atoms with Crippen LogP contribution in [0.15, 0.2) is 10.6 Å². The molecule has 4 amide bonds. The van der Waals surface area contributed by atoms with Crippen molar-refractivity contribution >= 4 is 23.7 Å². The summed E-state index contributed by atoms with van der Waals surface area (Å²) in [6, 6.07) is 1.03. The zero-order valence-electron chi connectivity index (χ0n) is 13.6. The van der Waals surface area contributed by atoms with E-state index in [0.717, 1.165) is 17.7 Å². The van der Waals surface area contributed by atoms with Gasteiger partial charge in [-0.05, 0) is 19.8 Å². The summed E-state index contributed by atoms with van der Waals surface area (Å²) in [5.74, 6) is -0.0172. The molecule has 8 heteroatoms. The third-order valence-corrected chi connectivity index (χ3v) is 3.80. The molecular formula is C15H22N4O4. The summed E-state index contributed by atoms with van der Waals surface area (Å²) in [5, 5.41) is 8.92. The van der Waals surface area contributed by atoms with Crippen LogP contribution in [0.3, 0.4) is 0 Å². The minimum Gasteiger partial charge on any atom is -0.360 e. The first kappa shape index (κ1) is 17.0. The Bertz CT molecular complexity index is 604. The van der Waals surface area contributed by atoms with Crippen molar-refractivity contribution in [3.8, 4) is 0 Å². The molecule has 0 saturated carbocycles. The summed E-state index contributed by atoms with van der Waals surface area (Å²) >= 11 is 0. The SMILES string of the molecule is CCCC1(CCC)NC(=O)N(CC(=O)Nc2cc(C)on2)C1=O. The first-order chi connectivity index (χ1) is 10.9. The van der Waals surface area contributed by atoms with Gasteiger partial charge in [0, 0.05) is 6.07 Å². The fourth-order valence-corrected chi connectivity index (χ4v) is 2.89. The van der Waals surface area contributed by atoms with Gasteiger partial charge in [-0.15, -0.1) is 0 Å². The standard InChI is InChI=1S/C15H22N4O4/c1-4-6-15(7-5-2)13(21)19(14(22)17-15)9-12(20)16-11-8-10(3)23-18-11/h8H,4-7,9H2,1-3H3,(H,17,22)(H,16,18,20). The van der Waals surface area contributed by atoms with E-state index in [4.69, 9.17) is 4.52 Å². The van der Waals surface area contributed by atoms with Crippen molar-refractivity contribution in [1.29, 1.82) is 0 Å². The van der Waals surface area contributed by atoms with Gasteiger partial charge in [0.25, 0.3) is 5.91 Å². The zero-order chi connectivity index (χ0) is 17.0. The maximum Gasteiger partial charge on any atom is 0.325 e. The number of hydrogen-bond donors (Lipinski definition) is 2. The van der Waals surface area contributed by atoms with Crippen molar-refractivity contribution < 1.29 is 18.9 Å². The van der Waals surface area contributed by atoms with E-state index >= 15 is 0 Å². The predicted molar refractivity (Wildman–Crippen MR) is 82.7 cm³/mol. The van der Waals surface area contributed by atoms with E-state index in [1.807, 2.05) is 13.8 Å². The second-order valence-electron chi connectivity index (χ2n) is 5.77. The number of carbonyl (C=O) groups excluding carboxylic acids is 3. The third kappa shape index (κ3) is 3.52. The van der Waals surface area contributed by atoms with Crippen LogP contribution in [0.5, 0.6) is 0 Å². The number of nitrogens with one attached hydrogen (secondary N) is 2. The molecule has 126 valence electrons. The van der Waals surface area contributed by atoms with Gasteiger partial charge >= 0.3 is 6.03 Å². The number of rotatable bonds is 7. The number of amides is 4. The van der Waals surface area contributed by atoms with Gasteiger partial charge in [-0.2, -0.15) is 0 Å². The molecule has 1 aromatic rings. The van der Waals surface area contributed by atoms with Gasteiger partial charge in [0.2, 0.25) is 5.91 Å². The predicted octanol–water partition coefficient (Wildman–Crippen LogP) is 1.81. The molecule has 0 bridgehead atoms. The fourth-order valence-electron chi connectivity index (χ4n) is 2.89. The minimum absolute atomic E-state index is 0.257. The van der Waals surface area contributed by atoms with E-state index in [1.165, 1.54) is 0 Å². The molecule has 23 heavy (non-hydrogen) atoms. The molecule has 0 atom stereocenters. The Kier molecular flexibility index (Phi) is 5.02. The number of imide groups is 1. The van der Waals surface area contributed by atoms with Crippen molar-refractivity contribution in [3.63, 3.8) is 0 Å². The number of anilines is 1. The lowest BCUT2D eigenvalue weighted by Gasteiger charge is -2.25. The van der Waals surface area contributed by atoms with Crippen LogP contribution in [-0.2, 0) is 9.59 Å². The van der Waals surface area contributed by atoms with Gasteiger partial charge < -0.3 is 15.2 Å². The largest absolute Gasteiger partial charge is 0.360 e. The first-order valence-corrected chi connectivity index (χ1v) is 7.79. The van der Waals surface area contributed by atoms with Gasteiger partial charge in [-0.25, -0.2) is 4.79 Å². The Hall–Kier alpha value is -2.38. The van der Waals surface area contributed by atoms with Crippen molar-refractivity contribution in [2.75, 3.05) is 11.9 Å². The Balaban J connectivity index is 2.06. The van der Waals surface area contributed by atoms with Crippen molar-refractivity contribution in [3.05, 3.63) is 11.8 Å². The van der Waals surface area contributed by atoms with Crippen LogP contribution in [0.25, 0.3) is 0 Å². The molecule has 1 fully saturated rings. The van der Waals surface area contributed by atoms with Crippen LogP contribution < -0.4 is 10.6 Å². The van der Waals surface area contributed by atoms with Crippen molar-refractivity contribution in [1.82, 2.24) is 15.4 Å². The molecular weight excluding hydrogens is 300 g/mol. The molecule has 0 radical (unpaired) electrons. The van der Waals surface area contributed by atoms with Crippen molar-refractivity contribution in [2.24, 2.45) is 0 Å². The Morgan fingerprint density at radius 1 is 1.35 bits per heavy atom. The molecule has 1 saturated heterocycles. The highest BCUT2D eigenvalue weighted by atomic mass is 16.5. The topological polar surface area (TPSA) is 105 Å². The molecule has 1 aliphatic heterocycles. The normalized spacial score (nSPS) is 16.6. The Morgan fingerprint density at radius 2 is 2.00 bits per heavy atom. The van der Waals surface area contributed by atoms with Crippen LogP contribution in [0, 0.1) is 6.92 Å². The monoisotopic (exact) mass is 322 g/mol. The van der Waals surface area contributed by atoms with Crippen LogP contribution in [0.4, 0.5) is 10.6 Å². The van der Waals surface area contributed by atoms with Gasteiger partial charge in [-0.1, -0.05) is 31.8 Å². The second kappa shape index (κ2) is 6.80. The number of aromatic nitrogens is 1. The van der Waals surface area contributed by atoms with Crippen LogP contribution in [0.2, 0.25) is 0 Å². The van der Waals surface area contributed by atoms with E-state index in [0.29, 0.717) is 18.6 Å². The summed E-state index contributed by atoms with van der Waals surface area (Å²) < 4.78 is 4.85. The second-order valence-corrected chi connectivity index (χ2v) is 5.77. The van der Waals surface area contributed by atoms with E-state index in [2.05, 4.69) is 15.8 Å². The average molecular weight is 322 g/mol. The lowest BCUT2D eigenvalue weighted by atomic mass is 9.88. The maximum atomic E-state index is 12.6. The molecule has 1 aromatic heterocycles. The van der Waals surface area contributed by atoms with E-state index < -0.39 is 17.5 Å². The lowest BCUT2D eigenvalue weighted by molar-refractivity contribution is -0.134. The molecule has 2 heterocycles. The van der Waals surface area contributed by atoms with E-state index in [9.17, 15) is 14.4 Å². The summed E-state index contributed by atoms with van der Waals surface area (Å²) in [4.78, 5) is 37.8. The van der Waals surface area contributed by atoms with Crippen LogP contribution in [0.1, 0.15) is 45.3 Å². The highest BCUT2D eigenvalue weighted by Crippen LogP contribution is 2.27. The van der Waals surface area contributed by atoms with E-state index in [1.54, 1.807) is 13.0 Å². The number of hydrogen-bond acceptors (Lipinski definition) is 5. The number of carbonyl (C=O) groups is 3. The summed E-state index contributed by atoms with van der Waals surface area (Å²) in [6.07, 6.45) is 2.66. The maximum absolute atomic E-state index is 12.6. The van der Waals surface area contributed by atoms with Gasteiger partial charge in [0.1, 0.15) is 17.8 Å². The molecule has 0 unspecified atom stereocenters. The molecule has 0 aliphatic carbocycles. The first-order valence-electron chi connectivity index (χ1n) is 7.79. The average Bonchev–Trinajstić information content (AvgIpc) is 2.97. The number of urea groups is 1. The zero-order valence-corrected chi connectivity index (χ0v) is 13.6. The van der Waals surface area contributed by atoms with Gasteiger partial charge in [0.05, 0.1) is 0 Å². The smallest absolute Gasteiger partial charge is 0.325 e.